The van der Waals surface area contributed by atoms with Crippen molar-refractivity contribution in [3.8, 4) is 11.1 Å². The third-order valence-electron chi connectivity index (χ3n) is 5.45. The Kier molecular flexibility index (Phi) is 10.3. The van der Waals surface area contributed by atoms with Crippen molar-refractivity contribution in [1.82, 2.24) is 0 Å². The Labute approximate surface area is 187 Å². The number of rotatable bonds is 12. The zero-order valence-corrected chi connectivity index (χ0v) is 19.4. The van der Waals surface area contributed by atoms with E-state index in [1.165, 1.54) is 61.8 Å². The third kappa shape index (κ3) is 8.95. The van der Waals surface area contributed by atoms with E-state index in [9.17, 15) is 9.59 Å². The lowest BCUT2D eigenvalue weighted by molar-refractivity contribution is -0.194. The summed E-state index contributed by atoms with van der Waals surface area (Å²) in [6.45, 7) is 6.81. The molecule has 2 rings (SSSR count). The quantitative estimate of drug-likeness (QED) is 0.222. The Hall–Kier alpha value is -2.62. The minimum atomic E-state index is -0.844. The fourth-order valence-corrected chi connectivity index (χ4v) is 3.64. The zero-order valence-electron chi connectivity index (χ0n) is 19.4. The predicted octanol–water partition coefficient (Wildman–Crippen LogP) is 6.50. The predicted molar refractivity (Wildman–Crippen MR) is 125 cm³/mol. The van der Waals surface area contributed by atoms with Crippen LogP contribution in [0.1, 0.15) is 70.9 Å². The van der Waals surface area contributed by atoms with Crippen LogP contribution in [-0.2, 0) is 31.9 Å². The maximum atomic E-state index is 11.3. The topological polar surface area (TPSA) is 52.6 Å². The van der Waals surface area contributed by atoms with Crippen LogP contribution in [0.5, 0.6) is 0 Å². The van der Waals surface area contributed by atoms with Gasteiger partial charge in [-0.05, 0) is 47.9 Å². The molecule has 0 spiro atoms. The van der Waals surface area contributed by atoms with Gasteiger partial charge in [0.2, 0.25) is 6.29 Å². The maximum Gasteiger partial charge on any atom is 0.305 e. The largest absolute Gasteiger partial charge is 0.425 e. The van der Waals surface area contributed by atoms with E-state index in [4.69, 9.17) is 9.47 Å². The summed E-state index contributed by atoms with van der Waals surface area (Å²) in [5, 5.41) is 0. The number of hydrogen-bond acceptors (Lipinski definition) is 4. The minimum Gasteiger partial charge on any atom is -0.425 e. The van der Waals surface area contributed by atoms with Gasteiger partial charge in [0.05, 0.1) is 0 Å². The van der Waals surface area contributed by atoms with E-state index in [1.807, 2.05) is 6.92 Å². The Bertz CT molecular complexity index is 809. The van der Waals surface area contributed by atoms with Gasteiger partial charge in [0, 0.05) is 19.8 Å². The Morgan fingerprint density at radius 1 is 0.806 bits per heavy atom. The summed E-state index contributed by atoms with van der Waals surface area (Å²) in [5.41, 5.74) is 5.01. The molecule has 0 saturated carbocycles. The van der Waals surface area contributed by atoms with Gasteiger partial charge >= 0.3 is 11.9 Å². The first kappa shape index (κ1) is 24.6. The molecule has 31 heavy (non-hydrogen) atoms. The van der Waals surface area contributed by atoms with Crippen LogP contribution in [0.15, 0.2) is 48.5 Å². The molecule has 0 amide bonds. The number of aryl methyl sites for hydroxylation is 2. The highest BCUT2D eigenvalue weighted by molar-refractivity contribution is 5.68. The highest BCUT2D eigenvalue weighted by atomic mass is 16.7. The first-order chi connectivity index (χ1) is 14.9. The van der Waals surface area contributed by atoms with E-state index in [2.05, 4.69) is 55.5 Å². The molecular weight excluding hydrogens is 388 g/mol. The lowest BCUT2D eigenvalue weighted by Gasteiger charge is -2.23. The van der Waals surface area contributed by atoms with E-state index in [0.29, 0.717) is 0 Å². The standard InChI is InChI=1S/C27H36O4/c1-5-6-7-8-10-23-15-17-25(18-16-23)26-12-9-11-24(19-26)14-13-20(2)27(30-21(3)28)31-22(4)29/h9,11-12,15-20,27H,5-8,10,13-14H2,1-4H3. The second-order valence-corrected chi connectivity index (χ2v) is 8.31. The smallest absolute Gasteiger partial charge is 0.305 e. The van der Waals surface area contributed by atoms with E-state index >= 15 is 0 Å². The molecule has 1 atom stereocenters. The van der Waals surface area contributed by atoms with Crippen molar-refractivity contribution >= 4 is 11.9 Å². The van der Waals surface area contributed by atoms with Gasteiger partial charge in [-0.3, -0.25) is 9.59 Å². The summed E-state index contributed by atoms with van der Waals surface area (Å²) in [6, 6.07) is 17.4. The van der Waals surface area contributed by atoms with Crippen LogP contribution in [0, 0.1) is 5.92 Å². The van der Waals surface area contributed by atoms with Crippen molar-refractivity contribution in [2.75, 3.05) is 0 Å². The summed E-state index contributed by atoms with van der Waals surface area (Å²) in [4.78, 5) is 22.6. The summed E-state index contributed by atoms with van der Waals surface area (Å²) in [6.07, 6.45) is 6.98. The number of carbonyl (C=O) groups excluding carboxylic acids is 2. The molecule has 2 aromatic rings. The average Bonchev–Trinajstić information content (AvgIpc) is 2.74. The van der Waals surface area contributed by atoms with E-state index < -0.39 is 18.2 Å². The lowest BCUT2D eigenvalue weighted by Crippen LogP contribution is -2.29. The third-order valence-corrected chi connectivity index (χ3v) is 5.45. The lowest BCUT2D eigenvalue weighted by atomic mass is 9.96. The van der Waals surface area contributed by atoms with E-state index in [0.717, 1.165) is 19.3 Å². The molecule has 2 aromatic carbocycles. The maximum absolute atomic E-state index is 11.3. The Morgan fingerprint density at radius 3 is 2.10 bits per heavy atom. The zero-order chi connectivity index (χ0) is 22.6. The average molecular weight is 425 g/mol. The molecule has 0 heterocycles. The SMILES string of the molecule is CCCCCCc1ccc(-c2cccc(CCC(C)C(OC(C)=O)OC(C)=O)c2)cc1. The van der Waals surface area contributed by atoms with Gasteiger partial charge in [0.1, 0.15) is 0 Å². The number of hydrogen-bond donors (Lipinski definition) is 0. The molecule has 168 valence electrons. The first-order valence-electron chi connectivity index (χ1n) is 11.4. The number of esters is 2. The summed E-state index contributed by atoms with van der Waals surface area (Å²) in [5.74, 6) is -0.994. The molecule has 0 aliphatic rings. The molecule has 0 fully saturated rings. The van der Waals surface area contributed by atoms with Gasteiger partial charge < -0.3 is 9.47 Å². The fraction of sp³-hybridized carbons (Fsp3) is 0.481. The van der Waals surface area contributed by atoms with Crippen LogP contribution in [0.3, 0.4) is 0 Å². The van der Waals surface area contributed by atoms with Crippen molar-refractivity contribution in [3.05, 3.63) is 59.7 Å². The molecule has 4 heteroatoms. The number of carbonyl (C=O) groups is 2. The monoisotopic (exact) mass is 424 g/mol. The molecule has 0 N–H and O–H groups in total. The van der Waals surface area contributed by atoms with Crippen molar-refractivity contribution < 1.29 is 19.1 Å². The van der Waals surface area contributed by atoms with Crippen molar-refractivity contribution in [1.29, 1.82) is 0 Å². The molecule has 0 saturated heterocycles. The number of unbranched alkanes of at least 4 members (excludes halogenated alkanes) is 3. The van der Waals surface area contributed by atoms with Crippen LogP contribution in [0.2, 0.25) is 0 Å². The molecule has 4 nitrogen and oxygen atoms in total. The second-order valence-electron chi connectivity index (χ2n) is 8.31. The van der Waals surface area contributed by atoms with Gasteiger partial charge in [0.25, 0.3) is 0 Å². The van der Waals surface area contributed by atoms with Crippen LogP contribution in [0.25, 0.3) is 11.1 Å². The van der Waals surface area contributed by atoms with Crippen molar-refractivity contribution in [2.45, 2.75) is 78.9 Å². The van der Waals surface area contributed by atoms with Crippen LogP contribution >= 0.6 is 0 Å². The number of ether oxygens (including phenoxy) is 2. The highest BCUT2D eigenvalue weighted by Crippen LogP contribution is 2.24. The number of benzene rings is 2. The highest BCUT2D eigenvalue weighted by Gasteiger charge is 2.23. The molecule has 0 bridgehead atoms. The summed E-state index contributed by atoms with van der Waals surface area (Å²) < 4.78 is 10.4. The van der Waals surface area contributed by atoms with Gasteiger partial charge in [-0.25, -0.2) is 0 Å². The van der Waals surface area contributed by atoms with E-state index in [-0.39, 0.29) is 5.92 Å². The summed E-state index contributed by atoms with van der Waals surface area (Å²) in [7, 11) is 0. The van der Waals surface area contributed by atoms with Crippen LogP contribution in [0.4, 0.5) is 0 Å². The van der Waals surface area contributed by atoms with E-state index in [1.54, 1.807) is 0 Å². The van der Waals surface area contributed by atoms with Crippen LogP contribution < -0.4 is 0 Å². The normalized spacial score (nSPS) is 11.9. The second kappa shape index (κ2) is 12.9. The Morgan fingerprint density at radius 2 is 1.48 bits per heavy atom. The van der Waals surface area contributed by atoms with Gasteiger partial charge in [-0.1, -0.05) is 81.6 Å². The minimum absolute atomic E-state index is 0.0940. The van der Waals surface area contributed by atoms with Gasteiger partial charge in [-0.15, -0.1) is 0 Å². The molecule has 0 aliphatic carbocycles. The molecule has 0 radical (unpaired) electrons. The van der Waals surface area contributed by atoms with Crippen molar-refractivity contribution in [2.24, 2.45) is 5.92 Å². The van der Waals surface area contributed by atoms with Crippen LogP contribution in [-0.4, -0.2) is 18.2 Å². The van der Waals surface area contributed by atoms with Crippen molar-refractivity contribution in [3.63, 3.8) is 0 Å². The fourth-order valence-electron chi connectivity index (χ4n) is 3.64. The molecule has 0 aromatic heterocycles. The molecular formula is C27H36O4. The molecule has 1 unspecified atom stereocenters. The van der Waals surface area contributed by atoms with Gasteiger partial charge in [-0.2, -0.15) is 0 Å². The first-order valence-corrected chi connectivity index (χ1v) is 11.4. The van der Waals surface area contributed by atoms with Gasteiger partial charge in [0.15, 0.2) is 0 Å². The summed E-state index contributed by atoms with van der Waals surface area (Å²) >= 11 is 0. The Balaban J connectivity index is 1.96. The molecule has 0 aliphatic heterocycles.